The molecule has 0 heterocycles. The molecule has 0 aliphatic carbocycles. The molecule has 0 saturated heterocycles. The van der Waals surface area contributed by atoms with E-state index in [1.54, 1.807) is 0 Å². The minimum atomic E-state index is 0.119. The number of rotatable bonds is 9. The van der Waals surface area contributed by atoms with Gasteiger partial charge >= 0.3 is 0 Å². The summed E-state index contributed by atoms with van der Waals surface area (Å²) in [5.41, 5.74) is 2.09. The second-order valence-electron chi connectivity index (χ2n) is 5.27. The minimum Gasteiger partial charge on any atom is -0.326 e. The molecule has 1 aromatic rings. The highest BCUT2D eigenvalue weighted by Gasteiger charge is 2.11. The van der Waals surface area contributed by atoms with E-state index in [1.165, 1.54) is 0 Å². The predicted octanol–water partition coefficient (Wildman–Crippen LogP) is 4.27. The highest BCUT2D eigenvalue weighted by molar-refractivity contribution is 5.91. The fraction of sp³-hybridized carbons (Fsp3) is 0.588. The Morgan fingerprint density at radius 1 is 1.15 bits per heavy atom. The number of unbranched alkanes of at least 4 members (excludes halogenated alkanes) is 2. The quantitative estimate of drug-likeness (QED) is 0.661. The Morgan fingerprint density at radius 3 is 2.60 bits per heavy atom. The number of hydrogen-bond donors (Lipinski definition) is 2. The third-order valence-electron chi connectivity index (χ3n) is 3.41. The molecule has 0 spiro atoms. The largest absolute Gasteiger partial charge is 0.326 e. The molecule has 0 aliphatic heterocycles. The lowest BCUT2D eigenvalue weighted by molar-refractivity contribution is -0.116. The van der Waals surface area contributed by atoms with Crippen molar-refractivity contribution >= 4 is 11.6 Å². The Bertz CT molecular complexity index is 404. The van der Waals surface area contributed by atoms with Crippen LogP contribution in [0.5, 0.6) is 0 Å². The summed E-state index contributed by atoms with van der Waals surface area (Å²) in [6.45, 7) is 7.42. The molecular weight excluding hydrogens is 248 g/mol. The van der Waals surface area contributed by atoms with E-state index in [2.05, 4.69) is 37.5 Å². The summed E-state index contributed by atoms with van der Waals surface area (Å²) in [5, 5.41) is 6.51. The topological polar surface area (TPSA) is 41.1 Å². The SMILES string of the molecule is CCCCCC(=O)Nc1ccccc1C(C)NCCC. The van der Waals surface area contributed by atoms with Crippen molar-refractivity contribution in [3.63, 3.8) is 0 Å². The van der Waals surface area contributed by atoms with Gasteiger partial charge in [-0.1, -0.05) is 44.9 Å². The second kappa shape index (κ2) is 9.54. The Labute approximate surface area is 123 Å². The van der Waals surface area contributed by atoms with Crippen LogP contribution in [0.1, 0.15) is 64.5 Å². The maximum Gasteiger partial charge on any atom is 0.224 e. The third-order valence-corrected chi connectivity index (χ3v) is 3.41. The molecule has 0 aliphatic rings. The van der Waals surface area contributed by atoms with Crippen LogP contribution in [0, 0.1) is 0 Å². The van der Waals surface area contributed by atoms with Gasteiger partial charge in [-0.05, 0) is 37.9 Å². The zero-order valence-corrected chi connectivity index (χ0v) is 13.0. The highest BCUT2D eigenvalue weighted by atomic mass is 16.1. The van der Waals surface area contributed by atoms with Crippen molar-refractivity contribution in [3.05, 3.63) is 29.8 Å². The van der Waals surface area contributed by atoms with E-state index in [0.29, 0.717) is 6.42 Å². The first-order valence-corrected chi connectivity index (χ1v) is 7.81. The molecule has 1 aromatic carbocycles. The third kappa shape index (κ3) is 5.74. The number of benzene rings is 1. The lowest BCUT2D eigenvalue weighted by atomic mass is 10.1. The van der Waals surface area contributed by atoms with Crippen molar-refractivity contribution in [3.8, 4) is 0 Å². The van der Waals surface area contributed by atoms with Crippen molar-refractivity contribution < 1.29 is 4.79 Å². The van der Waals surface area contributed by atoms with Gasteiger partial charge in [-0.2, -0.15) is 0 Å². The number of para-hydroxylation sites is 1. The lowest BCUT2D eigenvalue weighted by Gasteiger charge is -2.18. The van der Waals surface area contributed by atoms with Crippen molar-refractivity contribution in [2.75, 3.05) is 11.9 Å². The molecule has 112 valence electrons. The molecule has 1 amide bonds. The molecule has 0 radical (unpaired) electrons. The van der Waals surface area contributed by atoms with Crippen LogP contribution >= 0.6 is 0 Å². The van der Waals surface area contributed by atoms with Crippen LogP contribution in [-0.2, 0) is 4.79 Å². The Kier molecular flexibility index (Phi) is 7.97. The molecule has 1 atom stereocenters. The number of nitrogens with one attached hydrogen (secondary N) is 2. The van der Waals surface area contributed by atoms with Crippen LogP contribution in [0.15, 0.2) is 24.3 Å². The van der Waals surface area contributed by atoms with Crippen LogP contribution in [0.2, 0.25) is 0 Å². The zero-order valence-electron chi connectivity index (χ0n) is 13.0. The molecule has 0 aromatic heterocycles. The minimum absolute atomic E-state index is 0.119. The number of anilines is 1. The van der Waals surface area contributed by atoms with Crippen LogP contribution < -0.4 is 10.6 Å². The molecule has 0 fully saturated rings. The van der Waals surface area contributed by atoms with Gasteiger partial charge in [-0.3, -0.25) is 4.79 Å². The summed E-state index contributed by atoms with van der Waals surface area (Å²) >= 11 is 0. The van der Waals surface area contributed by atoms with Gasteiger partial charge < -0.3 is 10.6 Å². The van der Waals surface area contributed by atoms with Crippen LogP contribution in [0.25, 0.3) is 0 Å². The van der Waals surface area contributed by atoms with Gasteiger partial charge in [-0.25, -0.2) is 0 Å². The maximum absolute atomic E-state index is 11.9. The van der Waals surface area contributed by atoms with E-state index >= 15 is 0 Å². The average Bonchev–Trinajstić information content (AvgIpc) is 2.45. The van der Waals surface area contributed by atoms with E-state index in [-0.39, 0.29) is 11.9 Å². The summed E-state index contributed by atoms with van der Waals surface area (Å²) in [5.74, 6) is 0.119. The van der Waals surface area contributed by atoms with E-state index < -0.39 is 0 Å². The van der Waals surface area contributed by atoms with Gasteiger partial charge in [0.05, 0.1) is 0 Å². The van der Waals surface area contributed by atoms with Gasteiger partial charge in [0, 0.05) is 18.2 Å². The second-order valence-corrected chi connectivity index (χ2v) is 5.27. The highest BCUT2D eigenvalue weighted by Crippen LogP contribution is 2.22. The summed E-state index contributed by atoms with van der Waals surface area (Å²) in [6.07, 6.45) is 4.94. The first-order chi connectivity index (χ1) is 9.69. The van der Waals surface area contributed by atoms with Crippen molar-refractivity contribution in [2.24, 2.45) is 0 Å². The Hall–Kier alpha value is -1.35. The fourth-order valence-electron chi connectivity index (χ4n) is 2.21. The number of carbonyl (C=O) groups excluding carboxylic acids is 1. The first kappa shape index (κ1) is 16.7. The first-order valence-electron chi connectivity index (χ1n) is 7.81. The standard InChI is InChI=1S/C17H28N2O/c1-4-6-7-12-17(20)19-16-11-9-8-10-15(16)14(3)18-13-5-2/h8-11,14,18H,4-7,12-13H2,1-3H3,(H,19,20). The van der Waals surface area contributed by atoms with Gasteiger partial charge in [-0.15, -0.1) is 0 Å². The molecule has 20 heavy (non-hydrogen) atoms. The van der Waals surface area contributed by atoms with Crippen molar-refractivity contribution in [1.82, 2.24) is 5.32 Å². The van der Waals surface area contributed by atoms with E-state index in [1.807, 2.05) is 18.2 Å². The van der Waals surface area contributed by atoms with E-state index in [9.17, 15) is 4.79 Å². The van der Waals surface area contributed by atoms with Crippen LogP contribution in [-0.4, -0.2) is 12.5 Å². The van der Waals surface area contributed by atoms with Crippen molar-refractivity contribution in [1.29, 1.82) is 0 Å². The molecule has 2 N–H and O–H groups in total. The Morgan fingerprint density at radius 2 is 1.90 bits per heavy atom. The van der Waals surface area contributed by atoms with Gasteiger partial charge in [0.25, 0.3) is 0 Å². The average molecular weight is 276 g/mol. The molecule has 1 unspecified atom stereocenters. The predicted molar refractivity (Wildman–Crippen MR) is 85.9 cm³/mol. The molecule has 0 saturated carbocycles. The summed E-state index contributed by atoms with van der Waals surface area (Å²) < 4.78 is 0. The summed E-state index contributed by atoms with van der Waals surface area (Å²) in [6, 6.07) is 8.30. The molecule has 3 nitrogen and oxygen atoms in total. The molecule has 3 heteroatoms. The lowest BCUT2D eigenvalue weighted by Crippen LogP contribution is -2.21. The van der Waals surface area contributed by atoms with Crippen molar-refractivity contribution in [2.45, 2.75) is 58.9 Å². The summed E-state index contributed by atoms with van der Waals surface area (Å²) in [7, 11) is 0. The monoisotopic (exact) mass is 276 g/mol. The molecular formula is C17H28N2O. The Balaban J connectivity index is 2.62. The van der Waals surface area contributed by atoms with Gasteiger partial charge in [0.15, 0.2) is 0 Å². The van der Waals surface area contributed by atoms with E-state index in [0.717, 1.165) is 43.5 Å². The van der Waals surface area contributed by atoms with Gasteiger partial charge in [0.2, 0.25) is 5.91 Å². The van der Waals surface area contributed by atoms with E-state index in [4.69, 9.17) is 0 Å². The fourth-order valence-corrected chi connectivity index (χ4v) is 2.21. The number of hydrogen-bond acceptors (Lipinski definition) is 2. The van der Waals surface area contributed by atoms with Gasteiger partial charge in [0.1, 0.15) is 0 Å². The van der Waals surface area contributed by atoms with Crippen LogP contribution in [0.4, 0.5) is 5.69 Å². The number of carbonyl (C=O) groups is 1. The normalized spacial score (nSPS) is 12.2. The number of amides is 1. The molecule has 1 rings (SSSR count). The van der Waals surface area contributed by atoms with Crippen LogP contribution in [0.3, 0.4) is 0 Å². The smallest absolute Gasteiger partial charge is 0.224 e. The molecule has 0 bridgehead atoms. The zero-order chi connectivity index (χ0) is 14.8. The summed E-state index contributed by atoms with van der Waals surface area (Å²) in [4.78, 5) is 11.9. The maximum atomic E-state index is 11.9.